The predicted molar refractivity (Wildman–Crippen MR) is 118 cm³/mol. The number of hydrogen-bond donors (Lipinski definition) is 5. The monoisotopic (exact) mass is 414 g/mol. The van der Waals surface area contributed by atoms with Crippen LogP contribution in [0.5, 0.6) is 0 Å². The molecule has 0 saturated heterocycles. The summed E-state index contributed by atoms with van der Waals surface area (Å²) in [6, 6.07) is 16.0. The van der Waals surface area contributed by atoms with Crippen molar-refractivity contribution in [3.05, 3.63) is 87.7 Å². The van der Waals surface area contributed by atoms with E-state index in [-0.39, 0.29) is 22.9 Å². The number of benzene rings is 3. The largest absolute Gasteiger partial charge is 0.490 e. The maximum Gasteiger partial charge on any atom is 0.490 e. The molecule has 0 aliphatic heterocycles. The van der Waals surface area contributed by atoms with Crippen LogP contribution in [-0.4, -0.2) is 22.1 Å². The number of nitrogens with two attached hydrogens (primary N) is 3. The topological polar surface area (TPSA) is 162 Å². The number of hydrogen-bond acceptors (Lipinski definition) is 7. The molecule has 3 aromatic rings. The zero-order valence-corrected chi connectivity index (χ0v) is 16.6. The number of aryl methyl sites for hydroxylation is 2. The molecule has 3 rings (SSSR count). The number of nitro groups is 1. The van der Waals surface area contributed by atoms with Crippen LogP contribution in [0.25, 0.3) is 0 Å². The van der Waals surface area contributed by atoms with Crippen LogP contribution in [0.1, 0.15) is 11.1 Å². The minimum absolute atomic E-state index is 0.0231. The average Bonchev–Trinajstić information content (AvgIpc) is 2.68. The van der Waals surface area contributed by atoms with Gasteiger partial charge in [-0.15, -0.1) is 0 Å². The van der Waals surface area contributed by atoms with Crippen LogP contribution < -0.4 is 22.7 Å². The van der Waals surface area contributed by atoms with Crippen LogP contribution in [0, 0.1) is 29.8 Å². The van der Waals surface area contributed by atoms with Gasteiger partial charge in [0.05, 0.1) is 10.6 Å². The van der Waals surface area contributed by atoms with Gasteiger partial charge in [0.1, 0.15) is 11.5 Å². The van der Waals surface area contributed by atoms with Gasteiger partial charge in [-0.25, -0.2) is 4.39 Å². The quantitative estimate of drug-likeness (QED) is 0.186. The summed E-state index contributed by atoms with van der Waals surface area (Å²) in [5, 5.41) is 27.7. The molecule has 158 valence electrons. The van der Waals surface area contributed by atoms with Crippen molar-refractivity contribution in [2.75, 3.05) is 17.2 Å². The Kier molecular flexibility index (Phi) is 9.27. The summed E-state index contributed by atoms with van der Waals surface area (Å²) in [5.41, 5.74) is 19.0. The molecule has 0 fully saturated rings. The zero-order chi connectivity index (χ0) is 22.8. The fraction of sp³-hybridized carbons (Fsp3) is 0.100. The van der Waals surface area contributed by atoms with Crippen LogP contribution in [0.3, 0.4) is 0 Å². The first-order chi connectivity index (χ1) is 14.0. The fourth-order valence-electron chi connectivity index (χ4n) is 2.22. The van der Waals surface area contributed by atoms with Gasteiger partial charge in [-0.1, -0.05) is 30.3 Å². The van der Waals surface area contributed by atoms with Crippen LogP contribution >= 0.6 is 0 Å². The second-order valence-corrected chi connectivity index (χ2v) is 6.35. The molecule has 0 aliphatic carbocycles. The number of rotatable bonds is 2. The third-order valence-electron chi connectivity index (χ3n) is 3.81. The summed E-state index contributed by atoms with van der Waals surface area (Å²) < 4.78 is 12.4. The molecule has 8 N–H and O–H groups in total. The molecule has 3 aromatic carbocycles. The van der Waals surface area contributed by atoms with E-state index in [2.05, 4.69) is 0 Å². The van der Waals surface area contributed by atoms with E-state index < -0.39 is 12.0 Å². The summed E-state index contributed by atoms with van der Waals surface area (Å²) in [6.07, 6.45) is 0. The highest BCUT2D eigenvalue weighted by atomic mass is 19.1. The number of nitrogen functional groups attached to an aromatic ring is 3. The van der Waals surface area contributed by atoms with Gasteiger partial charge >= 0.3 is 7.12 Å². The normalized spacial score (nSPS) is 9.50. The van der Waals surface area contributed by atoms with Gasteiger partial charge < -0.3 is 27.2 Å². The molecule has 0 heterocycles. The van der Waals surface area contributed by atoms with Crippen LogP contribution in [0.15, 0.2) is 60.7 Å². The minimum atomic E-state index is -1.47. The van der Waals surface area contributed by atoms with E-state index in [0.717, 1.165) is 11.1 Å². The van der Waals surface area contributed by atoms with Gasteiger partial charge in [-0.05, 0) is 49.2 Å². The Labute approximate surface area is 174 Å². The first-order valence-corrected chi connectivity index (χ1v) is 8.75. The Hall–Kier alpha value is -3.63. The van der Waals surface area contributed by atoms with Crippen LogP contribution in [-0.2, 0) is 0 Å². The zero-order valence-electron chi connectivity index (χ0n) is 16.6. The number of anilines is 3. The number of nitrogens with zero attached hydrogens (tertiary/aromatic N) is 1. The maximum atomic E-state index is 12.4. The molecule has 30 heavy (non-hydrogen) atoms. The highest BCUT2D eigenvalue weighted by Crippen LogP contribution is 2.21. The lowest BCUT2D eigenvalue weighted by molar-refractivity contribution is -0.383. The fourth-order valence-corrected chi connectivity index (χ4v) is 2.22. The molecule has 0 unspecified atom stereocenters. The molecule has 10 heteroatoms. The second-order valence-electron chi connectivity index (χ2n) is 6.35. The molecular weight excluding hydrogens is 390 g/mol. The third-order valence-corrected chi connectivity index (χ3v) is 3.81. The van der Waals surface area contributed by atoms with Crippen LogP contribution in [0.2, 0.25) is 0 Å². The minimum Gasteiger partial charge on any atom is -0.423 e. The first kappa shape index (κ1) is 24.4. The first-order valence-electron chi connectivity index (χ1n) is 8.75. The Balaban J connectivity index is 0.000000226. The molecule has 0 spiro atoms. The SMILES string of the molecule is Cc1ccc(F)c(N)c1.Cc1ccc(N)c([N+](=O)[O-])c1.Nc1ccccc1B(O)O. The van der Waals surface area contributed by atoms with E-state index in [1.165, 1.54) is 18.2 Å². The maximum absolute atomic E-state index is 12.4. The van der Waals surface area contributed by atoms with Crippen molar-refractivity contribution < 1.29 is 19.4 Å². The molecule has 0 amide bonds. The van der Waals surface area contributed by atoms with Gasteiger partial charge in [0.15, 0.2) is 0 Å². The highest BCUT2D eigenvalue weighted by molar-refractivity contribution is 6.60. The number of nitro benzene ring substituents is 1. The van der Waals surface area contributed by atoms with Gasteiger partial charge in [0.25, 0.3) is 5.69 Å². The molecular formula is C20H24BFN4O4. The highest BCUT2D eigenvalue weighted by Gasteiger charge is 2.12. The molecule has 0 radical (unpaired) electrons. The van der Waals surface area contributed by atoms with Crippen molar-refractivity contribution >= 4 is 35.3 Å². The van der Waals surface area contributed by atoms with Crippen molar-refractivity contribution in [1.82, 2.24) is 0 Å². The molecule has 0 bridgehead atoms. The molecule has 0 aliphatic rings. The van der Waals surface area contributed by atoms with Crippen molar-refractivity contribution in [3.8, 4) is 0 Å². The van der Waals surface area contributed by atoms with Crippen molar-refractivity contribution in [2.24, 2.45) is 0 Å². The van der Waals surface area contributed by atoms with Crippen molar-refractivity contribution in [2.45, 2.75) is 13.8 Å². The lowest BCUT2D eigenvalue weighted by atomic mass is 9.79. The summed E-state index contributed by atoms with van der Waals surface area (Å²) in [7, 11) is -1.47. The molecule has 0 aromatic heterocycles. The summed E-state index contributed by atoms with van der Waals surface area (Å²) in [5.74, 6) is -0.347. The Morgan fingerprint density at radius 2 is 1.43 bits per heavy atom. The summed E-state index contributed by atoms with van der Waals surface area (Å²) in [4.78, 5) is 9.82. The Morgan fingerprint density at radius 3 is 1.87 bits per heavy atom. The lowest BCUT2D eigenvalue weighted by Crippen LogP contribution is -2.31. The standard InChI is InChI=1S/C7H8FN.C7H8N2O2.C6H8BNO2/c1-5-2-3-6(8)7(9)4-5;1-5-2-3-6(8)7(4-5)9(10)11;8-6-4-2-1-3-5(6)7(9)10/h2-4H,9H2,1H3;2-4H,8H2,1H3;1-4,9-10H,8H2. The smallest absolute Gasteiger partial charge is 0.423 e. The van der Waals surface area contributed by atoms with E-state index in [9.17, 15) is 14.5 Å². The van der Waals surface area contributed by atoms with Crippen LogP contribution in [0.4, 0.5) is 27.1 Å². The van der Waals surface area contributed by atoms with E-state index in [0.29, 0.717) is 11.2 Å². The molecule has 0 atom stereocenters. The predicted octanol–water partition coefficient (Wildman–Crippen LogP) is 2.15. The third kappa shape index (κ3) is 7.78. The van der Waals surface area contributed by atoms with Gasteiger partial charge in [0, 0.05) is 17.2 Å². The van der Waals surface area contributed by atoms with Gasteiger partial charge in [-0.2, -0.15) is 0 Å². The second kappa shape index (κ2) is 11.4. The van der Waals surface area contributed by atoms with E-state index in [1.54, 1.807) is 49.4 Å². The van der Waals surface area contributed by atoms with Gasteiger partial charge in [-0.3, -0.25) is 10.1 Å². The van der Waals surface area contributed by atoms with Crippen molar-refractivity contribution in [1.29, 1.82) is 0 Å². The van der Waals surface area contributed by atoms with E-state index in [4.69, 9.17) is 27.2 Å². The van der Waals surface area contributed by atoms with Crippen molar-refractivity contribution in [3.63, 3.8) is 0 Å². The average molecular weight is 414 g/mol. The summed E-state index contributed by atoms with van der Waals surface area (Å²) >= 11 is 0. The molecule has 0 saturated carbocycles. The Bertz CT molecular complexity index is 1000. The number of halogens is 1. The lowest BCUT2D eigenvalue weighted by Gasteiger charge is -2.01. The molecule has 8 nitrogen and oxygen atoms in total. The Morgan fingerprint density at radius 1 is 0.867 bits per heavy atom. The summed E-state index contributed by atoms with van der Waals surface area (Å²) in [6.45, 7) is 3.66. The van der Waals surface area contributed by atoms with E-state index >= 15 is 0 Å². The van der Waals surface area contributed by atoms with Gasteiger partial charge in [0.2, 0.25) is 0 Å². The number of para-hydroxylation sites is 1. The van der Waals surface area contributed by atoms with E-state index in [1.807, 2.05) is 6.92 Å².